The molecule has 0 bridgehead atoms. The fraction of sp³-hybridized carbons (Fsp3) is 0.400. The molecule has 124 valence electrons. The van der Waals surface area contributed by atoms with E-state index in [0.717, 1.165) is 48.7 Å². The van der Waals surface area contributed by atoms with Crippen LogP contribution in [0.5, 0.6) is 0 Å². The van der Waals surface area contributed by atoms with E-state index in [9.17, 15) is 4.79 Å². The van der Waals surface area contributed by atoms with E-state index < -0.39 is 0 Å². The maximum atomic E-state index is 12.8. The molecule has 4 heteroatoms. The molecule has 4 rings (SSSR count). The third kappa shape index (κ3) is 2.66. The first-order valence-corrected chi connectivity index (χ1v) is 8.79. The zero-order chi connectivity index (χ0) is 16.6. The minimum atomic E-state index is -0.346. The Hall–Kier alpha value is -2.36. The molecule has 0 radical (unpaired) electrons. The molecule has 2 fully saturated rings. The first-order valence-electron chi connectivity index (χ1n) is 8.79. The molecule has 2 aromatic rings. The Labute approximate surface area is 142 Å². The number of amides is 1. The number of rotatable bonds is 4. The lowest BCUT2D eigenvalue weighted by Gasteiger charge is -2.19. The smallest absolute Gasteiger partial charge is 0.235 e. The second kappa shape index (κ2) is 5.93. The number of benzene rings is 1. The number of nitrogens with zero attached hydrogens (tertiary/aromatic N) is 2. The molecule has 1 aliphatic heterocycles. The highest BCUT2D eigenvalue weighted by atomic mass is 16.2. The molecular formula is C20H23N3O. The Morgan fingerprint density at radius 3 is 2.42 bits per heavy atom. The van der Waals surface area contributed by atoms with Crippen LogP contribution in [0.25, 0.3) is 0 Å². The molecule has 1 aromatic carbocycles. The van der Waals surface area contributed by atoms with Gasteiger partial charge in [0.15, 0.2) is 0 Å². The summed E-state index contributed by atoms with van der Waals surface area (Å²) in [6.07, 6.45) is 4.31. The van der Waals surface area contributed by atoms with Crippen molar-refractivity contribution in [1.29, 1.82) is 0 Å². The number of carbonyl (C=O) groups is 1. The molecule has 2 aliphatic rings. The highest BCUT2D eigenvalue weighted by Gasteiger charge is 2.51. The fourth-order valence-corrected chi connectivity index (χ4v) is 3.57. The molecule has 1 aromatic heterocycles. The van der Waals surface area contributed by atoms with Gasteiger partial charge in [0.25, 0.3) is 0 Å². The van der Waals surface area contributed by atoms with Crippen LogP contribution in [0.15, 0.2) is 42.5 Å². The number of aryl methyl sites for hydroxylation is 1. The molecule has 1 saturated carbocycles. The number of nitrogens with one attached hydrogen (secondary N) is 1. The highest BCUT2D eigenvalue weighted by molar-refractivity contribution is 6.01. The van der Waals surface area contributed by atoms with Gasteiger partial charge in [0.2, 0.25) is 5.91 Å². The lowest BCUT2D eigenvalue weighted by molar-refractivity contribution is -0.118. The topological polar surface area (TPSA) is 45.2 Å². The molecular weight excluding hydrogens is 298 g/mol. The van der Waals surface area contributed by atoms with Crippen molar-refractivity contribution >= 4 is 17.4 Å². The van der Waals surface area contributed by atoms with E-state index in [2.05, 4.69) is 10.2 Å². The van der Waals surface area contributed by atoms with E-state index >= 15 is 0 Å². The minimum Gasteiger partial charge on any atom is -0.357 e. The Balaban J connectivity index is 1.52. The van der Waals surface area contributed by atoms with Gasteiger partial charge in [-0.3, -0.25) is 4.79 Å². The normalized spacial score (nSPS) is 18.5. The van der Waals surface area contributed by atoms with Crippen molar-refractivity contribution < 1.29 is 4.79 Å². The van der Waals surface area contributed by atoms with Crippen LogP contribution in [0.4, 0.5) is 11.5 Å². The first-order chi connectivity index (χ1) is 11.7. The minimum absolute atomic E-state index is 0.0903. The van der Waals surface area contributed by atoms with Crippen LogP contribution in [-0.4, -0.2) is 24.0 Å². The summed E-state index contributed by atoms with van der Waals surface area (Å²) in [6, 6.07) is 14.1. The summed E-state index contributed by atoms with van der Waals surface area (Å²) >= 11 is 0. The summed E-state index contributed by atoms with van der Waals surface area (Å²) in [5.41, 5.74) is 2.48. The molecule has 24 heavy (non-hydrogen) atoms. The van der Waals surface area contributed by atoms with Gasteiger partial charge < -0.3 is 10.2 Å². The highest BCUT2D eigenvalue weighted by Crippen LogP contribution is 2.49. The summed E-state index contributed by atoms with van der Waals surface area (Å²) in [5, 5.41) is 3.11. The number of carbonyl (C=O) groups excluding carboxylic acids is 1. The summed E-state index contributed by atoms with van der Waals surface area (Å²) in [4.78, 5) is 19.8. The van der Waals surface area contributed by atoms with E-state index in [0.29, 0.717) is 0 Å². The average Bonchev–Trinajstić information content (AvgIpc) is 3.25. The average molecular weight is 321 g/mol. The predicted octanol–water partition coefficient (Wildman–Crippen LogP) is 3.66. The maximum absolute atomic E-state index is 12.8. The van der Waals surface area contributed by atoms with Gasteiger partial charge >= 0.3 is 0 Å². The molecule has 1 aliphatic carbocycles. The Kier molecular flexibility index (Phi) is 3.75. The maximum Gasteiger partial charge on any atom is 0.235 e. The third-order valence-corrected chi connectivity index (χ3v) is 5.26. The zero-order valence-corrected chi connectivity index (χ0v) is 14.1. The fourth-order valence-electron chi connectivity index (χ4n) is 3.57. The van der Waals surface area contributed by atoms with Gasteiger partial charge in [-0.25, -0.2) is 4.98 Å². The second-order valence-electron chi connectivity index (χ2n) is 6.90. The van der Waals surface area contributed by atoms with E-state index in [4.69, 9.17) is 4.98 Å². The lowest BCUT2D eigenvalue weighted by Crippen LogP contribution is -2.28. The number of aromatic nitrogens is 1. The molecule has 2 heterocycles. The molecule has 0 atom stereocenters. The van der Waals surface area contributed by atoms with Crippen molar-refractivity contribution in [3.8, 4) is 0 Å². The van der Waals surface area contributed by atoms with E-state index in [1.54, 1.807) is 0 Å². The van der Waals surface area contributed by atoms with Gasteiger partial charge in [0, 0.05) is 13.1 Å². The standard InChI is InChI=1S/C20H23N3O/c1-15-17(9-10-18(21-15)23-13-5-6-14-23)22-19(24)20(11-12-20)16-7-3-2-4-8-16/h2-4,7-10H,5-6,11-14H2,1H3,(H,22,24). The summed E-state index contributed by atoms with van der Waals surface area (Å²) in [5.74, 6) is 1.11. The van der Waals surface area contributed by atoms with Crippen LogP contribution in [-0.2, 0) is 10.2 Å². The molecule has 1 amide bonds. The van der Waals surface area contributed by atoms with Crippen LogP contribution in [0, 0.1) is 6.92 Å². The SMILES string of the molecule is Cc1nc(N2CCCC2)ccc1NC(=O)C1(c2ccccc2)CC1. The van der Waals surface area contributed by atoms with Gasteiger partial charge in [-0.05, 0) is 50.3 Å². The van der Waals surface area contributed by atoms with Crippen molar-refractivity contribution in [3.63, 3.8) is 0 Å². The van der Waals surface area contributed by atoms with Crippen LogP contribution in [0.1, 0.15) is 36.9 Å². The molecule has 1 saturated heterocycles. The van der Waals surface area contributed by atoms with Crippen LogP contribution >= 0.6 is 0 Å². The van der Waals surface area contributed by atoms with Gasteiger partial charge in [0.1, 0.15) is 5.82 Å². The van der Waals surface area contributed by atoms with Crippen molar-refractivity contribution in [3.05, 3.63) is 53.7 Å². The van der Waals surface area contributed by atoms with Gasteiger partial charge in [-0.15, -0.1) is 0 Å². The second-order valence-corrected chi connectivity index (χ2v) is 6.90. The number of hydrogen-bond acceptors (Lipinski definition) is 3. The summed E-state index contributed by atoms with van der Waals surface area (Å²) < 4.78 is 0. The molecule has 0 spiro atoms. The summed E-state index contributed by atoms with van der Waals surface area (Å²) in [6.45, 7) is 4.13. The van der Waals surface area contributed by atoms with Crippen LogP contribution < -0.4 is 10.2 Å². The lowest BCUT2D eigenvalue weighted by atomic mass is 9.95. The van der Waals surface area contributed by atoms with E-state index in [-0.39, 0.29) is 11.3 Å². The molecule has 4 nitrogen and oxygen atoms in total. The first kappa shape index (κ1) is 15.2. The number of pyridine rings is 1. The number of hydrogen-bond donors (Lipinski definition) is 1. The van der Waals surface area contributed by atoms with Crippen LogP contribution in [0.3, 0.4) is 0 Å². The van der Waals surface area contributed by atoms with E-state index in [1.165, 1.54) is 12.8 Å². The predicted molar refractivity (Wildman–Crippen MR) is 96.4 cm³/mol. The number of anilines is 2. The third-order valence-electron chi connectivity index (χ3n) is 5.26. The largest absolute Gasteiger partial charge is 0.357 e. The van der Waals surface area contributed by atoms with Crippen molar-refractivity contribution in [1.82, 2.24) is 4.98 Å². The molecule has 1 N–H and O–H groups in total. The van der Waals surface area contributed by atoms with E-state index in [1.807, 2.05) is 49.4 Å². The van der Waals surface area contributed by atoms with Crippen molar-refractivity contribution in [2.24, 2.45) is 0 Å². The Morgan fingerprint density at radius 1 is 1.08 bits per heavy atom. The monoisotopic (exact) mass is 321 g/mol. The summed E-state index contributed by atoms with van der Waals surface area (Å²) in [7, 11) is 0. The zero-order valence-electron chi connectivity index (χ0n) is 14.1. The van der Waals surface area contributed by atoms with Crippen molar-refractivity contribution in [2.75, 3.05) is 23.3 Å². The van der Waals surface area contributed by atoms with Gasteiger partial charge in [-0.1, -0.05) is 30.3 Å². The Bertz CT molecular complexity index is 747. The molecule has 0 unspecified atom stereocenters. The van der Waals surface area contributed by atoms with Crippen LogP contribution in [0.2, 0.25) is 0 Å². The van der Waals surface area contributed by atoms with Crippen molar-refractivity contribution in [2.45, 2.75) is 38.0 Å². The Morgan fingerprint density at radius 2 is 1.79 bits per heavy atom. The van der Waals surface area contributed by atoms with Gasteiger partial charge in [0.05, 0.1) is 16.8 Å². The van der Waals surface area contributed by atoms with Gasteiger partial charge in [-0.2, -0.15) is 0 Å². The quantitative estimate of drug-likeness (QED) is 0.935.